The van der Waals surface area contributed by atoms with Crippen molar-refractivity contribution in [3.63, 3.8) is 0 Å². The average molecular weight is 378 g/mol. The molecule has 1 saturated carbocycles. The molecule has 1 aliphatic carbocycles. The molecule has 3 rings (SSSR count). The van der Waals surface area contributed by atoms with Crippen molar-refractivity contribution in [2.24, 2.45) is 5.92 Å². The number of rotatable bonds is 4. The molecule has 136 valence electrons. The van der Waals surface area contributed by atoms with E-state index < -0.39 is 0 Å². The zero-order valence-electron chi connectivity index (χ0n) is 15.7. The van der Waals surface area contributed by atoms with E-state index in [1.165, 1.54) is 29.7 Å². The summed E-state index contributed by atoms with van der Waals surface area (Å²) in [5, 5.41) is 5.16. The largest absolute Gasteiger partial charge is 0.352 e. The first-order valence-electron chi connectivity index (χ1n) is 9.08. The molecule has 0 aromatic carbocycles. The Labute approximate surface area is 158 Å². The molecule has 2 aromatic heterocycles. The Kier molecular flexibility index (Phi) is 5.68. The number of carbonyl (C=O) groups is 1. The van der Waals surface area contributed by atoms with Gasteiger partial charge in [-0.3, -0.25) is 4.79 Å². The number of nitrogens with zero attached hydrogens (tertiary/aromatic N) is 2. The number of amides is 1. The summed E-state index contributed by atoms with van der Waals surface area (Å²) in [6, 6.07) is 0.321. The van der Waals surface area contributed by atoms with Gasteiger partial charge in [-0.2, -0.15) is 0 Å². The lowest BCUT2D eigenvalue weighted by Crippen LogP contribution is -2.44. The van der Waals surface area contributed by atoms with Crippen LogP contribution in [0.15, 0.2) is 5.03 Å². The minimum atomic E-state index is -0.161. The summed E-state index contributed by atoms with van der Waals surface area (Å²) in [5.41, 5.74) is 1.23. The van der Waals surface area contributed by atoms with E-state index in [9.17, 15) is 4.79 Å². The van der Waals surface area contributed by atoms with Crippen LogP contribution in [-0.4, -0.2) is 27.2 Å². The predicted molar refractivity (Wildman–Crippen MR) is 107 cm³/mol. The molecule has 3 atom stereocenters. The van der Waals surface area contributed by atoms with Gasteiger partial charge in [0.25, 0.3) is 0 Å². The highest BCUT2D eigenvalue weighted by Crippen LogP contribution is 2.36. The second-order valence-corrected chi connectivity index (χ2v) is 9.71. The third-order valence-corrected chi connectivity index (χ3v) is 7.39. The molecule has 0 radical (unpaired) electrons. The molecule has 2 aromatic rings. The molecule has 25 heavy (non-hydrogen) atoms. The van der Waals surface area contributed by atoms with Gasteiger partial charge in [-0.05, 0) is 52.0 Å². The summed E-state index contributed by atoms with van der Waals surface area (Å²) in [6.07, 6.45) is 4.82. The molecule has 0 saturated heterocycles. The Balaban J connectivity index is 1.77. The number of thiophene rings is 1. The van der Waals surface area contributed by atoms with Gasteiger partial charge in [0.2, 0.25) is 5.91 Å². The van der Waals surface area contributed by atoms with Gasteiger partial charge in [0, 0.05) is 16.3 Å². The van der Waals surface area contributed by atoms with Gasteiger partial charge in [-0.25, -0.2) is 9.97 Å². The monoisotopic (exact) mass is 377 g/mol. The van der Waals surface area contributed by atoms with Crippen LogP contribution in [-0.2, 0) is 4.79 Å². The predicted octanol–water partition coefficient (Wildman–Crippen LogP) is 4.79. The number of hydrogen-bond donors (Lipinski definition) is 1. The standard InChI is InChI=1S/C19H27N3OS2/c1-10-8-6-7-9-15(10)22-17(23)13(4)25-19-16-11(2)12(3)24-18(16)20-14(5)21-19/h10,13,15H,6-9H2,1-5H3,(H,22,23)/t10-,13-,15-/m0/s1. The zero-order valence-corrected chi connectivity index (χ0v) is 17.3. The SMILES string of the molecule is Cc1nc(S[C@@H](C)C(=O)N[C@H]2CCCC[C@@H]2C)c2c(C)c(C)sc2n1. The number of fused-ring (bicyclic) bond motifs is 1. The van der Waals surface area contributed by atoms with Gasteiger partial charge in [0.05, 0.1) is 5.25 Å². The third-order valence-electron chi connectivity index (χ3n) is 5.20. The summed E-state index contributed by atoms with van der Waals surface area (Å²) < 4.78 is 0. The fourth-order valence-electron chi connectivity index (χ4n) is 3.45. The highest BCUT2D eigenvalue weighted by molar-refractivity contribution is 8.00. The maximum Gasteiger partial charge on any atom is 0.233 e. The van der Waals surface area contributed by atoms with Crippen LogP contribution in [0.1, 0.15) is 55.8 Å². The van der Waals surface area contributed by atoms with Crippen molar-refractivity contribution in [3.8, 4) is 0 Å². The summed E-state index contributed by atoms with van der Waals surface area (Å²) in [5.74, 6) is 1.47. The molecule has 0 unspecified atom stereocenters. The van der Waals surface area contributed by atoms with Crippen molar-refractivity contribution in [3.05, 3.63) is 16.3 Å². The second kappa shape index (κ2) is 7.62. The van der Waals surface area contributed by atoms with E-state index in [0.717, 1.165) is 27.5 Å². The highest BCUT2D eigenvalue weighted by atomic mass is 32.2. The van der Waals surface area contributed by atoms with Crippen LogP contribution in [0.5, 0.6) is 0 Å². The van der Waals surface area contributed by atoms with Gasteiger partial charge in [-0.1, -0.05) is 31.5 Å². The van der Waals surface area contributed by atoms with E-state index >= 15 is 0 Å². The van der Waals surface area contributed by atoms with Crippen molar-refractivity contribution in [2.45, 2.75) is 76.6 Å². The molecule has 1 fully saturated rings. The first-order valence-corrected chi connectivity index (χ1v) is 10.8. The Bertz CT molecular complexity index is 787. The molecule has 0 spiro atoms. The molecule has 2 heterocycles. The number of carbonyl (C=O) groups excluding carboxylic acids is 1. The van der Waals surface area contributed by atoms with Crippen molar-refractivity contribution < 1.29 is 4.79 Å². The molecule has 0 bridgehead atoms. The fourth-order valence-corrected chi connectivity index (χ4v) is 5.65. The van der Waals surface area contributed by atoms with Crippen molar-refractivity contribution in [1.82, 2.24) is 15.3 Å². The summed E-state index contributed by atoms with van der Waals surface area (Å²) in [4.78, 5) is 24.2. The summed E-state index contributed by atoms with van der Waals surface area (Å²) in [6.45, 7) is 10.4. The first-order chi connectivity index (χ1) is 11.9. The van der Waals surface area contributed by atoms with Gasteiger partial charge in [-0.15, -0.1) is 11.3 Å². The smallest absolute Gasteiger partial charge is 0.233 e. The molecule has 4 nitrogen and oxygen atoms in total. The normalized spacial score (nSPS) is 22.1. The average Bonchev–Trinajstić information content (AvgIpc) is 2.83. The van der Waals surface area contributed by atoms with Crippen molar-refractivity contribution in [1.29, 1.82) is 0 Å². The van der Waals surface area contributed by atoms with Gasteiger partial charge < -0.3 is 5.32 Å². The van der Waals surface area contributed by atoms with Crippen molar-refractivity contribution in [2.75, 3.05) is 0 Å². The minimum absolute atomic E-state index is 0.123. The Morgan fingerprint density at radius 3 is 2.68 bits per heavy atom. The van der Waals surface area contributed by atoms with Crippen LogP contribution in [0.3, 0.4) is 0 Å². The quantitative estimate of drug-likeness (QED) is 0.615. The lowest BCUT2D eigenvalue weighted by Gasteiger charge is -2.30. The number of aryl methyl sites for hydroxylation is 3. The Hall–Kier alpha value is -1.14. The maximum atomic E-state index is 12.7. The van der Waals surface area contributed by atoms with Gasteiger partial charge in [0.1, 0.15) is 15.7 Å². The molecule has 1 aliphatic rings. The van der Waals surface area contributed by atoms with E-state index in [1.54, 1.807) is 23.1 Å². The summed E-state index contributed by atoms with van der Waals surface area (Å²) in [7, 11) is 0. The van der Waals surface area contributed by atoms with Crippen LogP contribution in [0.4, 0.5) is 0 Å². The Morgan fingerprint density at radius 1 is 1.24 bits per heavy atom. The maximum absolute atomic E-state index is 12.7. The lowest BCUT2D eigenvalue weighted by atomic mass is 9.86. The van der Waals surface area contributed by atoms with Gasteiger partial charge >= 0.3 is 0 Å². The number of hydrogen-bond acceptors (Lipinski definition) is 5. The molecular weight excluding hydrogens is 350 g/mol. The third kappa shape index (κ3) is 4.00. The second-order valence-electron chi connectivity index (χ2n) is 7.18. The zero-order chi connectivity index (χ0) is 18.1. The van der Waals surface area contributed by atoms with Crippen LogP contribution in [0.2, 0.25) is 0 Å². The molecule has 1 N–H and O–H groups in total. The van der Waals surface area contributed by atoms with Gasteiger partial charge in [0.15, 0.2) is 0 Å². The van der Waals surface area contributed by atoms with E-state index in [4.69, 9.17) is 0 Å². The molecule has 1 amide bonds. The van der Waals surface area contributed by atoms with Crippen LogP contribution >= 0.6 is 23.1 Å². The molecular formula is C19H27N3OS2. The van der Waals surface area contributed by atoms with Crippen LogP contribution < -0.4 is 5.32 Å². The molecule has 0 aliphatic heterocycles. The Morgan fingerprint density at radius 2 is 1.96 bits per heavy atom. The van der Waals surface area contributed by atoms with Crippen LogP contribution in [0, 0.1) is 26.7 Å². The first kappa shape index (κ1) is 18.6. The highest BCUT2D eigenvalue weighted by Gasteiger charge is 2.26. The topological polar surface area (TPSA) is 54.9 Å². The number of aromatic nitrogens is 2. The number of thioether (sulfide) groups is 1. The lowest BCUT2D eigenvalue weighted by molar-refractivity contribution is -0.121. The summed E-state index contributed by atoms with van der Waals surface area (Å²) >= 11 is 3.26. The fraction of sp³-hybridized carbons (Fsp3) is 0.632. The minimum Gasteiger partial charge on any atom is -0.352 e. The van der Waals surface area contributed by atoms with Crippen LogP contribution in [0.25, 0.3) is 10.2 Å². The molecule has 6 heteroatoms. The number of nitrogens with one attached hydrogen (secondary N) is 1. The van der Waals surface area contributed by atoms with Crippen molar-refractivity contribution >= 4 is 39.2 Å². The van der Waals surface area contributed by atoms with E-state index in [-0.39, 0.29) is 11.2 Å². The van der Waals surface area contributed by atoms with E-state index in [1.807, 2.05) is 13.8 Å². The van der Waals surface area contributed by atoms with E-state index in [2.05, 4.69) is 36.1 Å². The van der Waals surface area contributed by atoms with E-state index in [0.29, 0.717) is 12.0 Å².